The van der Waals surface area contributed by atoms with Crippen molar-refractivity contribution in [1.29, 1.82) is 0 Å². The highest BCUT2D eigenvalue weighted by Gasteiger charge is 2.25. The summed E-state index contributed by atoms with van der Waals surface area (Å²) in [6.45, 7) is 6.51. The highest BCUT2D eigenvalue weighted by Crippen LogP contribution is 2.13. The second-order valence-electron chi connectivity index (χ2n) is 4.69. The quantitative estimate of drug-likeness (QED) is 0.623. The Morgan fingerprint density at radius 2 is 1.83 bits per heavy atom. The van der Waals surface area contributed by atoms with Crippen LogP contribution in [0.25, 0.3) is 0 Å². The maximum Gasteiger partial charge on any atom is 0.295 e. The minimum atomic E-state index is -0.391. The summed E-state index contributed by atoms with van der Waals surface area (Å²) >= 11 is 0. The summed E-state index contributed by atoms with van der Waals surface area (Å²) in [6.07, 6.45) is 0. The van der Waals surface area contributed by atoms with Crippen LogP contribution in [0.2, 0.25) is 0 Å². The fourth-order valence-corrected chi connectivity index (χ4v) is 2.11. The maximum atomic E-state index is 12.2. The molecule has 0 aliphatic carbocycles. The Balaban J connectivity index is 2.19. The number of carbonyl (C=O) groups is 2. The molecule has 1 amide bonds. The number of aryl methyl sites for hydroxylation is 2. The maximum absolute atomic E-state index is 12.2. The van der Waals surface area contributed by atoms with E-state index in [2.05, 4.69) is 5.32 Å². The summed E-state index contributed by atoms with van der Waals surface area (Å²) in [4.78, 5) is 25.9. The molecule has 1 aromatic rings. The van der Waals surface area contributed by atoms with Gasteiger partial charge in [0.05, 0.1) is 0 Å². The molecule has 1 aliphatic heterocycles. The monoisotopic (exact) mass is 246 g/mol. The minimum Gasteiger partial charge on any atom is -0.333 e. The van der Waals surface area contributed by atoms with Gasteiger partial charge in [0.1, 0.15) is 0 Å². The van der Waals surface area contributed by atoms with Crippen LogP contribution >= 0.6 is 0 Å². The molecular weight excluding hydrogens is 228 g/mol. The van der Waals surface area contributed by atoms with Crippen LogP contribution in [0.4, 0.5) is 0 Å². The van der Waals surface area contributed by atoms with E-state index in [9.17, 15) is 9.59 Å². The lowest BCUT2D eigenvalue weighted by Crippen LogP contribution is -2.48. The Bertz CT molecular complexity index is 477. The third-order valence-electron chi connectivity index (χ3n) is 3.24. The molecule has 0 unspecified atom stereocenters. The molecular formula is C14H18N2O2. The fourth-order valence-electron chi connectivity index (χ4n) is 2.11. The summed E-state index contributed by atoms with van der Waals surface area (Å²) < 4.78 is 0. The first-order valence-electron chi connectivity index (χ1n) is 6.21. The van der Waals surface area contributed by atoms with Crippen molar-refractivity contribution >= 4 is 11.7 Å². The summed E-state index contributed by atoms with van der Waals surface area (Å²) in [6, 6.07) is 5.62. The highest BCUT2D eigenvalue weighted by atomic mass is 16.2. The molecule has 0 bridgehead atoms. The molecule has 1 heterocycles. The summed E-state index contributed by atoms with van der Waals surface area (Å²) in [5, 5.41) is 3.16. The van der Waals surface area contributed by atoms with E-state index in [1.54, 1.807) is 11.0 Å². The van der Waals surface area contributed by atoms with Gasteiger partial charge in [-0.05, 0) is 25.5 Å². The van der Waals surface area contributed by atoms with Gasteiger partial charge in [-0.3, -0.25) is 9.59 Å². The standard InChI is InChI=1S/C14H18N2O2/c1-10-3-4-11(2)12(9-10)13(17)14(18)16-7-5-15-6-8-16/h3-4,9,15H,5-8H2,1-2H3. The van der Waals surface area contributed by atoms with Crippen LogP contribution in [0.15, 0.2) is 18.2 Å². The minimum absolute atomic E-state index is 0.384. The number of ketones is 1. The molecule has 1 aromatic carbocycles. The fraction of sp³-hybridized carbons (Fsp3) is 0.429. The molecule has 1 N–H and O–H groups in total. The van der Waals surface area contributed by atoms with Gasteiger partial charge >= 0.3 is 0 Å². The van der Waals surface area contributed by atoms with Crippen molar-refractivity contribution in [2.75, 3.05) is 26.2 Å². The number of carbonyl (C=O) groups excluding carboxylic acids is 2. The molecule has 1 aliphatic rings. The second kappa shape index (κ2) is 5.31. The lowest BCUT2D eigenvalue weighted by atomic mass is 10.0. The summed E-state index contributed by atoms with van der Waals surface area (Å²) in [5.74, 6) is -0.775. The van der Waals surface area contributed by atoms with Crippen molar-refractivity contribution < 1.29 is 9.59 Å². The Morgan fingerprint density at radius 1 is 1.17 bits per heavy atom. The molecule has 0 radical (unpaired) electrons. The van der Waals surface area contributed by atoms with Crippen molar-refractivity contribution in [3.05, 3.63) is 34.9 Å². The SMILES string of the molecule is Cc1ccc(C)c(C(=O)C(=O)N2CCNCC2)c1. The van der Waals surface area contributed by atoms with Crippen molar-refractivity contribution in [2.24, 2.45) is 0 Å². The van der Waals surface area contributed by atoms with Gasteiger partial charge in [-0.25, -0.2) is 0 Å². The van der Waals surface area contributed by atoms with Crippen LogP contribution in [-0.4, -0.2) is 42.8 Å². The van der Waals surface area contributed by atoms with Gasteiger partial charge < -0.3 is 10.2 Å². The zero-order valence-corrected chi connectivity index (χ0v) is 10.8. The summed E-state index contributed by atoms with van der Waals surface area (Å²) in [7, 11) is 0. The van der Waals surface area contributed by atoms with Crippen LogP contribution < -0.4 is 5.32 Å². The van der Waals surface area contributed by atoms with Gasteiger partial charge in [-0.15, -0.1) is 0 Å². The topological polar surface area (TPSA) is 49.4 Å². The largest absolute Gasteiger partial charge is 0.333 e. The van der Waals surface area contributed by atoms with Crippen LogP contribution in [0.3, 0.4) is 0 Å². The van der Waals surface area contributed by atoms with Gasteiger partial charge in [0.15, 0.2) is 0 Å². The zero-order chi connectivity index (χ0) is 13.1. The first-order chi connectivity index (χ1) is 8.59. The molecule has 18 heavy (non-hydrogen) atoms. The van der Waals surface area contributed by atoms with Gasteiger partial charge in [-0.1, -0.05) is 17.7 Å². The first-order valence-corrected chi connectivity index (χ1v) is 6.21. The predicted molar refractivity (Wildman–Crippen MR) is 69.7 cm³/mol. The van der Waals surface area contributed by atoms with Crippen LogP contribution in [0.1, 0.15) is 21.5 Å². The zero-order valence-electron chi connectivity index (χ0n) is 10.8. The number of rotatable bonds is 2. The Morgan fingerprint density at radius 3 is 2.50 bits per heavy atom. The number of nitrogens with one attached hydrogen (secondary N) is 1. The van der Waals surface area contributed by atoms with Crippen LogP contribution in [-0.2, 0) is 4.79 Å². The molecule has 0 spiro atoms. The molecule has 96 valence electrons. The Labute approximate surface area is 107 Å². The number of Topliss-reactive ketones (excluding diaryl/α,β-unsaturated/α-hetero) is 1. The van der Waals surface area contributed by atoms with Crippen LogP contribution in [0, 0.1) is 13.8 Å². The second-order valence-corrected chi connectivity index (χ2v) is 4.69. The van der Waals surface area contributed by atoms with Gasteiger partial charge in [0, 0.05) is 31.7 Å². The third kappa shape index (κ3) is 2.59. The third-order valence-corrected chi connectivity index (χ3v) is 3.24. The van der Waals surface area contributed by atoms with E-state index in [0.717, 1.165) is 24.2 Å². The Kier molecular flexibility index (Phi) is 3.77. The highest BCUT2D eigenvalue weighted by molar-refractivity contribution is 6.43. The lowest BCUT2D eigenvalue weighted by molar-refractivity contribution is -0.127. The van der Waals surface area contributed by atoms with Crippen molar-refractivity contribution in [3.8, 4) is 0 Å². The molecule has 4 heteroatoms. The molecule has 4 nitrogen and oxygen atoms in total. The molecule has 2 rings (SSSR count). The van der Waals surface area contributed by atoms with E-state index in [4.69, 9.17) is 0 Å². The predicted octanol–water partition coefficient (Wildman–Crippen LogP) is 0.918. The van der Waals surface area contributed by atoms with Crippen molar-refractivity contribution in [1.82, 2.24) is 10.2 Å². The van der Waals surface area contributed by atoms with Gasteiger partial charge in [0.2, 0.25) is 0 Å². The Hall–Kier alpha value is -1.68. The lowest BCUT2D eigenvalue weighted by Gasteiger charge is -2.26. The normalized spacial score (nSPS) is 15.6. The number of nitrogens with zero attached hydrogens (tertiary/aromatic N) is 1. The summed E-state index contributed by atoms with van der Waals surface area (Å²) in [5.41, 5.74) is 2.38. The van der Waals surface area contributed by atoms with Crippen molar-refractivity contribution in [3.63, 3.8) is 0 Å². The average Bonchev–Trinajstić information content (AvgIpc) is 2.41. The van der Waals surface area contributed by atoms with Gasteiger partial charge in [-0.2, -0.15) is 0 Å². The van der Waals surface area contributed by atoms with E-state index in [1.807, 2.05) is 26.0 Å². The van der Waals surface area contributed by atoms with E-state index < -0.39 is 5.78 Å². The van der Waals surface area contributed by atoms with E-state index in [-0.39, 0.29) is 5.91 Å². The average molecular weight is 246 g/mol. The van der Waals surface area contributed by atoms with E-state index in [0.29, 0.717) is 18.7 Å². The van der Waals surface area contributed by atoms with Crippen molar-refractivity contribution in [2.45, 2.75) is 13.8 Å². The van der Waals surface area contributed by atoms with Crippen LogP contribution in [0.5, 0.6) is 0 Å². The van der Waals surface area contributed by atoms with Gasteiger partial charge in [0.25, 0.3) is 11.7 Å². The molecule has 0 atom stereocenters. The van der Waals surface area contributed by atoms with E-state index in [1.165, 1.54) is 0 Å². The molecule has 1 saturated heterocycles. The number of hydrogen-bond donors (Lipinski definition) is 1. The number of amides is 1. The number of piperazine rings is 1. The molecule has 0 saturated carbocycles. The molecule has 1 fully saturated rings. The first kappa shape index (κ1) is 12.8. The van der Waals surface area contributed by atoms with E-state index >= 15 is 0 Å². The number of hydrogen-bond acceptors (Lipinski definition) is 3. The smallest absolute Gasteiger partial charge is 0.295 e. The molecule has 0 aromatic heterocycles. The number of benzene rings is 1.